The van der Waals surface area contributed by atoms with Crippen molar-refractivity contribution in [2.24, 2.45) is 0 Å². The second-order valence-corrected chi connectivity index (χ2v) is 5.64. The van der Waals surface area contributed by atoms with Crippen LogP contribution < -0.4 is 10.6 Å². The van der Waals surface area contributed by atoms with Gasteiger partial charge in [0.05, 0.1) is 25.7 Å². The molecule has 0 radical (unpaired) electrons. The zero-order valence-electron chi connectivity index (χ0n) is 11.0. The summed E-state index contributed by atoms with van der Waals surface area (Å²) in [6.45, 7) is 1.91. The van der Waals surface area contributed by atoms with Crippen LogP contribution in [0.1, 0.15) is 23.8 Å². The molecule has 2 unspecified atom stereocenters. The molecule has 0 saturated carbocycles. The Morgan fingerprint density at radius 1 is 1.60 bits per heavy atom. The van der Waals surface area contributed by atoms with Crippen molar-refractivity contribution in [3.63, 3.8) is 0 Å². The van der Waals surface area contributed by atoms with Crippen molar-refractivity contribution in [1.82, 2.24) is 10.6 Å². The molecule has 2 atom stereocenters. The minimum atomic E-state index is -0.928. The van der Waals surface area contributed by atoms with E-state index in [1.54, 1.807) is 0 Å². The molecule has 2 rings (SSSR count). The molecule has 1 saturated heterocycles. The van der Waals surface area contributed by atoms with E-state index in [9.17, 15) is 9.59 Å². The molecule has 1 fully saturated rings. The predicted octanol–water partition coefficient (Wildman–Crippen LogP) is 0.759. The van der Waals surface area contributed by atoms with Crippen molar-refractivity contribution >= 4 is 23.2 Å². The number of rotatable bonds is 6. The number of morpholine rings is 1. The largest absolute Gasteiger partial charge is 0.481 e. The molecular formula is C13H18N2O4S. The Hall–Kier alpha value is -1.44. The maximum atomic E-state index is 12.0. The van der Waals surface area contributed by atoms with Gasteiger partial charge in [-0.1, -0.05) is 6.07 Å². The molecule has 110 valence electrons. The fraction of sp³-hybridized carbons (Fsp3) is 0.538. The van der Waals surface area contributed by atoms with Gasteiger partial charge in [0.2, 0.25) is 5.91 Å². The smallest absolute Gasteiger partial charge is 0.305 e. The van der Waals surface area contributed by atoms with Crippen molar-refractivity contribution in [1.29, 1.82) is 0 Å². The van der Waals surface area contributed by atoms with Crippen molar-refractivity contribution in [2.45, 2.75) is 24.9 Å². The summed E-state index contributed by atoms with van der Waals surface area (Å²) in [5.41, 5.74) is 0. The van der Waals surface area contributed by atoms with Crippen LogP contribution in [0.4, 0.5) is 0 Å². The molecule has 0 aliphatic carbocycles. The third-order valence-electron chi connectivity index (χ3n) is 3.03. The van der Waals surface area contributed by atoms with Crippen LogP contribution >= 0.6 is 11.3 Å². The summed E-state index contributed by atoms with van der Waals surface area (Å²) in [6, 6.07) is 3.21. The van der Waals surface area contributed by atoms with E-state index in [1.807, 2.05) is 17.5 Å². The van der Waals surface area contributed by atoms with Crippen LogP contribution in [0.15, 0.2) is 17.5 Å². The highest BCUT2D eigenvalue weighted by atomic mass is 32.1. The maximum absolute atomic E-state index is 12.0. The van der Waals surface area contributed by atoms with Gasteiger partial charge in [-0.2, -0.15) is 0 Å². The highest BCUT2D eigenvalue weighted by molar-refractivity contribution is 7.10. The van der Waals surface area contributed by atoms with E-state index < -0.39 is 12.0 Å². The number of nitrogens with one attached hydrogen (secondary N) is 2. The zero-order valence-corrected chi connectivity index (χ0v) is 11.8. The lowest BCUT2D eigenvalue weighted by atomic mass is 10.1. The zero-order chi connectivity index (χ0) is 14.4. The lowest BCUT2D eigenvalue weighted by molar-refractivity contribution is -0.137. The van der Waals surface area contributed by atoms with E-state index >= 15 is 0 Å². The van der Waals surface area contributed by atoms with Gasteiger partial charge in [-0.3, -0.25) is 9.59 Å². The highest BCUT2D eigenvalue weighted by Gasteiger charge is 2.22. The van der Waals surface area contributed by atoms with Crippen molar-refractivity contribution in [3.05, 3.63) is 22.4 Å². The van der Waals surface area contributed by atoms with Crippen LogP contribution in [0, 0.1) is 0 Å². The minimum Gasteiger partial charge on any atom is -0.481 e. The van der Waals surface area contributed by atoms with Gasteiger partial charge in [-0.05, 0) is 11.4 Å². The van der Waals surface area contributed by atoms with E-state index in [2.05, 4.69) is 10.6 Å². The van der Waals surface area contributed by atoms with Gasteiger partial charge >= 0.3 is 5.97 Å². The second-order valence-electron chi connectivity index (χ2n) is 4.66. The predicted molar refractivity (Wildman–Crippen MR) is 74.7 cm³/mol. The Labute approximate surface area is 121 Å². The van der Waals surface area contributed by atoms with Gasteiger partial charge in [-0.25, -0.2) is 0 Å². The first-order valence-corrected chi connectivity index (χ1v) is 7.39. The lowest BCUT2D eigenvalue weighted by Gasteiger charge is -2.24. The molecule has 0 aromatic carbocycles. The number of carbonyl (C=O) groups is 2. The minimum absolute atomic E-state index is 0.00226. The Morgan fingerprint density at radius 2 is 2.45 bits per heavy atom. The summed E-state index contributed by atoms with van der Waals surface area (Å²) >= 11 is 1.44. The monoisotopic (exact) mass is 298 g/mol. The lowest BCUT2D eigenvalue weighted by Crippen LogP contribution is -2.44. The third-order valence-corrected chi connectivity index (χ3v) is 4.02. The Bertz CT molecular complexity index is 443. The van der Waals surface area contributed by atoms with Gasteiger partial charge in [0.15, 0.2) is 0 Å². The number of ether oxygens (including phenoxy) is 1. The molecule has 1 aliphatic heterocycles. The molecule has 3 N–H and O–H groups in total. The van der Waals surface area contributed by atoms with E-state index in [1.165, 1.54) is 11.3 Å². The summed E-state index contributed by atoms with van der Waals surface area (Å²) in [7, 11) is 0. The molecule has 6 nitrogen and oxygen atoms in total. The standard InChI is InChI=1S/C13H18N2O4S/c16-12(6-9-8-19-4-3-14-9)15-10(7-13(17)18)11-2-1-5-20-11/h1-2,5,9-10,14H,3-4,6-8H2,(H,15,16)(H,17,18). The molecule has 1 amide bonds. The normalized spacial score (nSPS) is 20.3. The number of carboxylic acids is 1. The number of hydrogen-bond donors (Lipinski definition) is 3. The van der Waals surface area contributed by atoms with E-state index in [-0.39, 0.29) is 18.4 Å². The number of carboxylic acid groups (broad SMARTS) is 1. The van der Waals surface area contributed by atoms with Crippen molar-refractivity contribution < 1.29 is 19.4 Å². The van der Waals surface area contributed by atoms with Crippen LogP contribution in [-0.2, 0) is 14.3 Å². The molecule has 0 spiro atoms. The first-order valence-electron chi connectivity index (χ1n) is 6.51. The summed E-state index contributed by atoms with van der Waals surface area (Å²) < 4.78 is 5.29. The van der Waals surface area contributed by atoms with Crippen LogP contribution in [0.5, 0.6) is 0 Å². The molecule has 1 aliphatic rings. The molecule has 0 bridgehead atoms. The number of amides is 1. The molecule has 7 heteroatoms. The number of hydrogen-bond acceptors (Lipinski definition) is 5. The van der Waals surface area contributed by atoms with Gasteiger partial charge in [0.25, 0.3) is 0 Å². The average molecular weight is 298 g/mol. The maximum Gasteiger partial charge on any atom is 0.305 e. The number of aliphatic carboxylic acids is 1. The SMILES string of the molecule is O=C(O)CC(NC(=O)CC1COCCN1)c1cccs1. The van der Waals surface area contributed by atoms with Crippen LogP contribution in [-0.4, -0.2) is 42.8 Å². The van der Waals surface area contributed by atoms with Gasteiger partial charge in [-0.15, -0.1) is 11.3 Å². The molecule has 1 aromatic heterocycles. The summed E-state index contributed by atoms with van der Waals surface area (Å²) in [5.74, 6) is -1.09. The summed E-state index contributed by atoms with van der Waals surface area (Å²) in [5, 5.41) is 16.8. The highest BCUT2D eigenvalue weighted by Crippen LogP contribution is 2.22. The molecular weight excluding hydrogens is 280 g/mol. The van der Waals surface area contributed by atoms with Gasteiger partial charge in [0, 0.05) is 23.9 Å². The number of thiophene rings is 1. The fourth-order valence-electron chi connectivity index (χ4n) is 2.11. The Balaban J connectivity index is 1.89. The summed E-state index contributed by atoms with van der Waals surface area (Å²) in [4.78, 5) is 23.8. The molecule has 20 heavy (non-hydrogen) atoms. The van der Waals surface area contributed by atoms with Crippen LogP contribution in [0.25, 0.3) is 0 Å². The quantitative estimate of drug-likeness (QED) is 0.721. The van der Waals surface area contributed by atoms with E-state index in [4.69, 9.17) is 9.84 Å². The van der Waals surface area contributed by atoms with E-state index in [0.717, 1.165) is 11.4 Å². The average Bonchev–Trinajstić information content (AvgIpc) is 2.92. The third kappa shape index (κ3) is 4.59. The van der Waals surface area contributed by atoms with Crippen molar-refractivity contribution in [3.8, 4) is 0 Å². The Morgan fingerprint density at radius 3 is 3.05 bits per heavy atom. The van der Waals surface area contributed by atoms with Crippen molar-refractivity contribution in [2.75, 3.05) is 19.8 Å². The second kappa shape index (κ2) is 7.37. The first-order chi connectivity index (χ1) is 9.65. The van der Waals surface area contributed by atoms with Gasteiger partial charge in [0.1, 0.15) is 0 Å². The van der Waals surface area contributed by atoms with Crippen LogP contribution in [0.3, 0.4) is 0 Å². The number of carbonyl (C=O) groups excluding carboxylic acids is 1. The van der Waals surface area contributed by atoms with Crippen LogP contribution in [0.2, 0.25) is 0 Å². The first kappa shape index (κ1) is 15.0. The Kier molecular flexibility index (Phi) is 5.51. The fourth-order valence-corrected chi connectivity index (χ4v) is 2.89. The van der Waals surface area contributed by atoms with Gasteiger partial charge < -0.3 is 20.5 Å². The topological polar surface area (TPSA) is 87.7 Å². The van der Waals surface area contributed by atoms with E-state index in [0.29, 0.717) is 19.6 Å². The molecule has 2 heterocycles. The molecule has 1 aromatic rings. The summed E-state index contributed by atoms with van der Waals surface area (Å²) in [6.07, 6.45) is 0.183.